The number of aryl methyl sites for hydroxylation is 2. The zero-order valence-corrected chi connectivity index (χ0v) is 13.3. The van der Waals surface area contributed by atoms with Crippen molar-refractivity contribution in [2.75, 3.05) is 0 Å². The highest BCUT2D eigenvalue weighted by molar-refractivity contribution is 9.10. The van der Waals surface area contributed by atoms with Crippen LogP contribution in [0.4, 0.5) is 0 Å². The molecule has 0 atom stereocenters. The molecule has 1 aliphatic carbocycles. The van der Waals surface area contributed by atoms with Gasteiger partial charge in [-0.1, -0.05) is 28.1 Å². The van der Waals surface area contributed by atoms with Gasteiger partial charge in [0, 0.05) is 21.2 Å². The van der Waals surface area contributed by atoms with E-state index in [1.54, 1.807) is 6.07 Å². The molecule has 0 saturated heterocycles. The van der Waals surface area contributed by atoms with Crippen LogP contribution >= 0.6 is 15.9 Å². The monoisotopic (exact) mass is 340 g/mol. The van der Waals surface area contributed by atoms with E-state index in [-0.39, 0.29) is 11.6 Å². The Bertz CT molecular complexity index is 799. The van der Waals surface area contributed by atoms with Crippen LogP contribution in [0.3, 0.4) is 0 Å². The number of rotatable bonds is 1. The van der Waals surface area contributed by atoms with Gasteiger partial charge in [-0.15, -0.1) is 0 Å². The van der Waals surface area contributed by atoms with Crippen LogP contribution in [0.1, 0.15) is 37.4 Å². The molecular weight excluding hydrogens is 328 g/mol. The Kier molecular flexibility index (Phi) is 3.38. The zero-order chi connectivity index (χ0) is 15.1. The number of benzene rings is 2. The van der Waals surface area contributed by atoms with Gasteiger partial charge in [0.1, 0.15) is 0 Å². The third-order valence-electron chi connectivity index (χ3n) is 3.82. The summed E-state index contributed by atoms with van der Waals surface area (Å²) < 4.78 is 0.938. The third-order valence-corrected chi connectivity index (χ3v) is 4.35. The zero-order valence-electron chi connectivity index (χ0n) is 11.7. The van der Waals surface area contributed by atoms with Crippen molar-refractivity contribution >= 4 is 33.1 Å². The van der Waals surface area contributed by atoms with E-state index in [1.165, 1.54) is 6.08 Å². The first-order chi connectivity index (χ1) is 9.97. The first-order valence-corrected chi connectivity index (χ1v) is 7.44. The van der Waals surface area contributed by atoms with Crippen molar-refractivity contribution in [1.82, 2.24) is 0 Å². The molecule has 2 aromatic carbocycles. The highest BCUT2D eigenvalue weighted by Gasteiger charge is 2.26. The fourth-order valence-electron chi connectivity index (χ4n) is 2.47. The largest absolute Gasteiger partial charge is 0.289 e. The Labute approximate surface area is 131 Å². The number of halogens is 1. The van der Waals surface area contributed by atoms with Crippen molar-refractivity contribution in [2.45, 2.75) is 13.8 Å². The van der Waals surface area contributed by atoms with Gasteiger partial charge in [0.2, 0.25) is 0 Å². The van der Waals surface area contributed by atoms with Crippen LogP contribution in [0.15, 0.2) is 46.9 Å². The van der Waals surface area contributed by atoms with E-state index in [4.69, 9.17) is 0 Å². The average molecular weight is 341 g/mol. The molecule has 1 aliphatic rings. The van der Waals surface area contributed by atoms with Crippen molar-refractivity contribution in [3.63, 3.8) is 0 Å². The molecule has 2 nitrogen and oxygen atoms in total. The quantitative estimate of drug-likeness (QED) is 0.764. The minimum atomic E-state index is -0.106. The Morgan fingerprint density at radius 2 is 1.43 bits per heavy atom. The number of carbonyl (C=O) groups excluding carboxylic acids is 2. The molecule has 0 aliphatic heterocycles. The normalized spacial score (nSPS) is 14.0. The van der Waals surface area contributed by atoms with Gasteiger partial charge in [0.15, 0.2) is 11.6 Å². The van der Waals surface area contributed by atoms with Gasteiger partial charge in [0.25, 0.3) is 0 Å². The summed E-state index contributed by atoms with van der Waals surface area (Å²) in [5.41, 5.74) is 4.28. The van der Waals surface area contributed by atoms with Crippen molar-refractivity contribution in [3.8, 4) is 0 Å². The van der Waals surface area contributed by atoms with Crippen LogP contribution in [0.5, 0.6) is 0 Å². The van der Waals surface area contributed by atoms with Crippen molar-refractivity contribution in [1.29, 1.82) is 0 Å². The molecule has 2 aromatic rings. The number of carbonyl (C=O) groups is 2. The first-order valence-electron chi connectivity index (χ1n) is 6.65. The topological polar surface area (TPSA) is 34.1 Å². The molecule has 0 heterocycles. The van der Waals surface area contributed by atoms with E-state index in [0.29, 0.717) is 16.7 Å². The number of Topliss-reactive ketones (excluding diaryl/α,β-unsaturated/α-hetero) is 1. The molecule has 3 rings (SSSR count). The molecular formula is C18H13BrO2. The second-order valence-corrected chi connectivity index (χ2v) is 6.16. The number of ketones is 2. The standard InChI is InChI=1S/C18H13BrO2/c1-10-7-15-16(8-11(10)2)18(21)14(9-17(15)20)12-3-5-13(19)6-4-12/h3-9H,1-2H3. The van der Waals surface area contributed by atoms with Crippen LogP contribution in [-0.4, -0.2) is 11.6 Å². The van der Waals surface area contributed by atoms with E-state index in [0.717, 1.165) is 21.2 Å². The summed E-state index contributed by atoms with van der Waals surface area (Å²) in [5, 5.41) is 0. The molecule has 21 heavy (non-hydrogen) atoms. The predicted molar refractivity (Wildman–Crippen MR) is 86.7 cm³/mol. The summed E-state index contributed by atoms with van der Waals surface area (Å²) in [4.78, 5) is 25.0. The van der Waals surface area contributed by atoms with Gasteiger partial charge in [-0.25, -0.2) is 0 Å². The van der Waals surface area contributed by atoms with Crippen LogP contribution in [0.25, 0.3) is 5.57 Å². The van der Waals surface area contributed by atoms with E-state index >= 15 is 0 Å². The van der Waals surface area contributed by atoms with Gasteiger partial charge in [-0.3, -0.25) is 9.59 Å². The predicted octanol–water partition coefficient (Wildman–Crippen LogP) is 4.53. The molecule has 0 radical (unpaired) electrons. The lowest BCUT2D eigenvalue weighted by Gasteiger charge is -2.17. The lowest BCUT2D eigenvalue weighted by molar-refractivity contribution is 0.100. The van der Waals surface area contributed by atoms with Crippen molar-refractivity contribution in [3.05, 3.63) is 74.8 Å². The smallest absolute Gasteiger partial charge is 0.194 e. The van der Waals surface area contributed by atoms with Crippen LogP contribution in [0, 0.1) is 13.8 Å². The van der Waals surface area contributed by atoms with Crippen LogP contribution in [0.2, 0.25) is 0 Å². The fraction of sp³-hybridized carbons (Fsp3) is 0.111. The minimum Gasteiger partial charge on any atom is -0.289 e. The van der Waals surface area contributed by atoms with Crippen molar-refractivity contribution < 1.29 is 9.59 Å². The first kappa shape index (κ1) is 14.0. The molecule has 0 amide bonds. The molecule has 0 saturated carbocycles. The Balaban J connectivity index is 2.15. The summed E-state index contributed by atoms with van der Waals surface area (Å²) in [5.74, 6) is -0.194. The van der Waals surface area contributed by atoms with Gasteiger partial charge >= 0.3 is 0 Å². The van der Waals surface area contributed by atoms with Gasteiger partial charge in [-0.2, -0.15) is 0 Å². The highest BCUT2D eigenvalue weighted by Crippen LogP contribution is 2.30. The van der Waals surface area contributed by atoms with Crippen LogP contribution in [-0.2, 0) is 0 Å². The number of hydrogen-bond donors (Lipinski definition) is 0. The molecule has 0 spiro atoms. The van der Waals surface area contributed by atoms with Gasteiger partial charge in [0.05, 0.1) is 0 Å². The number of hydrogen-bond acceptors (Lipinski definition) is 2. The van der Waals surface area contributed by atoms with Gasteiger partial charge < -0.3 is 0 Å². The number of fused-ring (bicyclic) bond motifs is 1. The van der Waals surface area contributed by atoms with E-state index in [2.05, 4.69) is 15.9 Å². The number of allylic oxidation sites excluding steroid dienone is 2. The summed E-state index contributed by atoms with van der Waals surface area (Å²) in [6, 6.07) is 11.0. The van der Waals surface area contributed by atoms with Crippen molar-refractivity contribution in [2.24, 2.45) is 0 Å². The SMILES string of the molecule is Cc1cc2c(cc1C)C(=O)C(c1ccc(Br)cc1)=CC2=O. The third kappa shape index (κ3) is 2.38. The summed E-state index contributed by atoms with van der Waals surface area (Å²) >= 11 is 3.37. The molecule has 0 unspecified atom stereocenters. The molecule has 3 heteroatoms. The highest BCUT2D eigenvalue weighted by atomic mass is 79.9. The summed E-state index contributed by atoms with van der Waals surface area (Å²) in [7, 11) is 0. The Morgan fingerprint density at radius 1 is 0.857 bits per heavy atom. The minimum absolute atomic E-state index is 0.0879. The van der Waals surface area contributed by atoms with E-state index in [1.807, 2.05) is 44.2 Å². The molecule has 0 fully saturated rings. The second-order valence-electron chi connectivity index (χ2n) is 5.24. The maximum atomic E-state index is 12.7. The molecule has 0 N–H and O–H groups in total. The van der Waals surface area contributed by atoms with Crippen LogP contribution < -0.4 is 0 Å². The van der Waals surface area contributed by atoms with E-state index < -0.39 is 0 Å². The maximum absolute atomic E-state index is 12.7. The average Bonchev–Trinajstić information content (AvgIpc) is 2.46. The Morgan fingerprint density at radius 3 is 2.05 bits per heavy atom. The summed E-state index contributed by atoms with van der Waals surface area (Å²) in [6.07, 6.45) is 1.45. The lowest BCUT2D eigenvalue weighted by atomic mass is 9.84. The maximum Gasteiger partial charge on any atom is 0.194 e. The van der Waals surface area contributed by atoms with E-state index in [9.17, 15) is 9.59 Å². The Hall–Kier alpha value is -2.00. The molecule has 104 valence electrons. The second kappa shape index (κ2) is 5.08. The lowest BCUT2D eigenvalue weighted by Crippen LogP contribution is -2.17. The summed E-state index contributed by atoms with van der Waals surface area (Å²) in [6.45, 7) is 3.90. The fourth-order valence-corrected chi connectivity index (χ4v) is 2.74. The molecule has 0 aromatic heterocycles. The van der Waals surface area contributed by atoms with Gasteiger partial charge in [-0.05, 0) is 60.9 Å². The molecule has 0 bridgehead atoms.